The monoisotopic (exact) mass is 325 g/mol. The molecule has 126 valence electrons. The fraction of sp³-hybridized carbons (Fsp3) is 0.643. The van der Waals surface area contributed by atoms with Gasteiger partial charge in [0.1, 0.15) is 0 Å². The molecule has 2 fully saturated rings. The van der Waals surface area contributed by atoms with Gasteiger partial charge in [0.2, 0.25) is 5.95 Å². The zero-order valence-electron chi connectivity index (χ0n) is 12.7. The summed E-state index contributed by atoms with van der Waals surface area (Å²) in [5, 5.41) is 12.3. The molecule has 1 aromatic heterocycles. The summed E-state index contributed by atoms with van der Waals surface area (Å²) in [5.41, 5.74) is 0. The van der Waals surface area contributed by atoms with E-state index >= 15 is 0 Å². The van der Waals surface area contributed by atoms with Crippen molar-refractivity contribution >= 4 is 17.7 Å². The fourth-order valence-electron chi connectivity index (χ4n) is 2.76. The van der Waals surface area contributed by atoms with Gasteiger partial charge in [-0.2, -0.15) is 4.98 Å². The molecule has 0 aliphatic carbocycles. The van der Waals surface area contributed by atoms with Crippen LogP contribution in [-0.2, 0) is 9.53 Å². The zero-order chi connectivity index (χ0) is 16.2. The van der Waals surface area contributed by atoms with E-state index < -0.39 is 17.7 Å². The summed E-state index contributed by atoms with van der Waals surface area (Å²) in [7, 11) is 0. The van der Waals surface area contributed by atoms with Crippen molar-refractivity contribution < 1.29 is 19.0 Å². The molecule has 0 aromatic carbocycles. The summed E-state index contributed by atoms with van der Waals surface area (Å²) in [4.78, 5) is 23.3. The molecule has 2 saturated heterocycles. The second-order valence-corrected chi connectivity index (χ2v) is 5.63. The van der Waals surface area contributed by atoms with Crippen LogP contribution in [0.1, 0.15) is 0 Å². The molecule has 23 heavy (non-hydrogen) atoms. The number of rotatable bonds is 3. The first-order valence-corrected chi connectivity index (χ1v) is 7.69. The Balaban J connectivity index is 1.82. The number of carboxylic acids is 1. The van der Waals surface area contributed by atoms with Crippen molar-refractivity contribution in [2.75, 3.05) is 62.3 Å². The van der Waals surface area contributed by atoms with Crippen molar-refractivity contribution in [1.29, 1.82) is 0 Å². The minimum Gasteiger partial charge on any atom is -0.481 e. The van der Waals surface area contributed by atoms with E-state index in [4.69, 9.17) is 4.74 Å². The van der Waals surface area contributed by atoms with Gasteiger partial charge < -0.3 is 25.0 Å². The minimum absolute atomic E-state index is 0.252. The van der Waals surface area contributed by atoms with Gasteiger partial charge in [-0.25, -0.2) is 9.37 Å². The van der Waals surface area contributed by atoms with E-state index in [2.05, 4.69) is 15.3 Å². The highest BCUT2D eigenvalue weighted by atomic mass is 19.1. The van der Waals surface area contributed by atoms with Crippen molar-refractivity contribution in [3.8, 4) is 0 Å². The molecule has 0 unspecified atom stereocenters. The molecule has 3 heterocycles. The molecule has 1 aromatic rings. The second-order valence-electron chi connectivity index (χ2n) is 5.63. The van der Waals surface area contributed by atoms with Gasteiger partial charge in [-0.05, 0) is 0 Å². The average Bonchev–Trinajstić information content (AvgIpc) is 2.82. The fourth-order valence-corrected chi connectivity index (χ4v) is 2.76. The van der Waals surface area contributed by atoms with E-state index in [-0.39, 0.29) is 5.82 Å². The average molecular weight is 325 g/mol. The molecular weight excluding hydrogens is 305 g/mol. The van der Waals surface area contributed by atoms with E-state index in [0.717, 1.165) is 6.20 Å². The standard InChI is InChI=1S/C14H20FN5O3/c15-11-8-17-14(18-12(11)19-3-5-23-6-4-19)20-2-1-16-7-10(9-20)13(21)22/h8,10,16H,1-7,9H2,(H,21,22)/t10-/m0/s1. The normalized spacial score (nSPS) is 22.7. The Morgan fingerprint density at radius 2 is 2.13 bits per heavy atom. The Morgan fingerprint density at radius 1 is 1.35 bits per heavy atom. The second kappa shape index (κ2) is 7.05. The molecule has 2 aliphatic heterocycles. The number of aromatic nitrogens is 2. The number of hydrogen-bond donors (Lipinski definition) is 2. The van der Waals surface area contributed by atoms with Gasteiger partial charge in [0.15, 0.2) is 11.6 Å². The Labute approximate surface area is 133 Å². The maximum atomic E-state index is 14.1. The predicted octanol–water partition coefficient (Wildman–Crippen LogP) is -0.437. The predicted molar refractivity (Wildman–Crippen MR) is 81.2 cm³/mol. The van der Waals surface area contributed by atoms with Crippen molar-refractivity contribution in [3.05, 3.63) is 12.0 Å². The third-order valence-electron chi connectivity index (χ3n) is 4.05. The number of halogens is 1. The molecule has 0 amide bonds. The van der Waals surface area contributed by atoms with Crippen LogP contribution in [0.25, 0.3) is 0 Å². The van der Waals surface area contributed by atoms with E-state index in [9.17, 15) is 14.3 Å². The van der Waals surface area contributed by atoms with Gasteiger partial charge in [0, 0.05) is 39.3 Å². The Bertz CT molecular complexity index is 567. The highest BCUT2D eigenvalue weighted by Gasteiger charge is 2.26. The summed E-state index contributed by atoms with van der Waals surface area (Å²) in [6, 6.07) is 0. The number of nitrogens with one attached hydrogen (secondary N) is 1. The number of carbonyl (C=O) groups is 1. The smallest absolute Gasteiger partial charge is 0.309 e. The van der Waals surface area contributed by atoms with Crippen molar-refractivity contribution in [2.24, 2.45) is 5.92 Å². The van der Waals surface area contributed by atoms with Gasteiger partial charge in [-0.3, -0.25) is 4.79 Å². The quantitative estimate of drug-likeness (QED) is 0.773. The highest BCUT2D eigenvalue weighted by Crippen LogP contribution is 2.21. The van der Waals surface area contributed by atoms with E-state index in [0.29, 0.717) is 58.4 Å². The molecule has 3 rings (SSSR count). The number of hydrogen-bond acceptors (Lipinski definition) is 7. The number of ether oxygens (including phenoxy) is 1. The van der Waals surface area contributed by atoms with Crippen LogP contribution in [0.5, 0.6) is 0 Å². The minimum atomic E-state index is -0.861. The van der Waals surface area contributed by atoms with Gasteiger partial charge in [-0.15, -0.1) is 0 Å². The Morgan fingerprint density at radius 3 is 2.87 bits per heavy atom. The third kappa shape index (κ3) is 3.67. The lowest BCUT2D eigenvalue weighted by molar-refractivity contribution is -0.141. The molecule has 0 radical (unpaired) electrons. The molecule has 0 spiro atoms. The van der Waals surface area contributed by atoms with Crippen LogP contribution < -0.4 is 15.1 Å². The number of aliphatic carboxylic acids is 1. The van der Waals surface area contributed by atoms with Gasteiger partial charge >= 0.3 is 5.97 Å². The van der Waals surface area contributed by atoms with Crippen molar-refractivity contribution in [2.45, 2.75) is 0 Å². The molecule has 8 nitrogen and oxygen atoms in total. The van der Waals surface area contributed by atoms with Crippen LogP contribution in [-0.4, -0.2) is 73.5 Å². The molecule has 0 bridgehead atoms. The van der Waals surface area contributed by atoms with Crippen LogP contribution in [0.15, 0.2) is 6.20 Å². The maximum absolute atomic E-state index is 14.1. The maximum Gasteiger partial charge on any atom is 0.309 e. The van der Waals surface area contributed by atoms with E-state index in [1.165, 1.54) is 0 Å². The largest absolute Gasteiger partial charge is 0.481 e. The lowest BCUT2D eigenvalue weighted by atomic mass is 10.1. The number of nitrogens with zero attached hydrogens (tertiary/aromatic N) is 4. The van der Waals surface area contributed by atoms with E-state index in [1.807, 2.05) is 4.90 Å². The van der Waals surface area contributed by atoms with E-state index in [1.54, 1.807) is 4.90 Å². The summed E-state index contributed by atoms with van der Waals surface area (Å²) in [5.74, 6) is -1.26. The van der Waals surface area contributed by atoms with Crippen LogP contribution in [0, 0.1) is 11.7 Å². The number of morpholine rings is 1. The van der Waals surface area contributed by atoms with Gasteiger partial charge in [-0.1, -0.05) is 0 Å². The SMILES string of the molecule is O=C(O)[C@H]1CNCCN(c2ncc(F)c(N3CCOCC3)n2)C1. The Hall–Kier alpha value is -2.00. The van der Waals surface area contributed by atoms with Crippen LogP contribution >= 0.6 is 0 Å². The molecule has 2 aliphatic rings. The van der Waals surface area contributed by atoms with Crippen molar-refractivity contribution in [3.63, 3.8) is 0 Å². The first kappa shape index (κ1) is 15.9. The number of anilines is 2. The number of carboxylic acid groups (broad SMARTS) is 1. The molecule has 2 N–H and O–H groups in total. The topological polar surface area (TPSA) is 90.8 Å². The molecule has 9 heteroatoms. The summed E-state index contributed by atoms with van der Waals surface area (Å²) in [6.07, 6.45) is 1.15. The lowest BCUT2D eigenvalue weighted by Gasteiger charge is -2.29. The van der Waals surface area contributed by atoms with Crippen LogP contribution in [0.4, 0.5) is 16.2 Å². The first-order chi connectivity index (χ1) is 11.1. The van der Waals surface area contributed by atoms with Crippen LogP contribution in [0.2, 0.25) is 0 Å². The third-order valence-corrected chi connectivity index (χ3v) is 4.05. The first-order valence-electron chi connectivity index (χ1n) is 7.69. The molecule has 1 atom stereocenters. The molecular formula is C14H20FN5O3. The zero-order valence-corrected chi connectivity index (χ0v) is 12.7. The van der Waals surface area contributed by atoms with Gasteiger partial charge in [0.25, 0.3) is 0 Å². The van der Waals surface area contributed by atoms with Crippen LogP contribution in [0.3, 0.4) is 0 Å². The summed E-state index contributed by atoms with van der Waals surface area (Å²) >= 11 is 0. The summed E-state index contributed by atoms with van der Waals surface area (Å²) in [6.45, 7) is 4.15. The molecule has 0 saturated carbocycles. The Kier molecular flexibility index (Phi) is 4.87. The van der Waals surface area contributed by atoms with Crippen molar-refractivity contribution in [1.82, 2.24) is 15.3 Å². The highest BCUT2D eigenvalue weighted by molar-refractivity contribution is 5.71. The lowest BCUT2D eigenvalue weighted by Crippen LogP contribution is -2.38. The summed E-state index contributed by atoms with van der Waals surface area (Å²) < 4.78 is 19.3. The van der Waals surface area contributed by atoms with Gasteiger partial charge in [0.05, 0.1) is 25.3 Å².